The molecule has 0 saturated carbocycles. The number of aromatic carboxylic acids is 1. The van der Waals surface area contributed by atoms with E-state index in [1.165, 1.54) is 13.0 Å². The average molecular weight is 370 g/mol. The summed E-state index contributed by atoms with van der Waals surface area (Å²) in [5.41, 5.74) is 1.49. The number of carbonyl (C=O) groups excluding carboxylic acids is 2. The van der Waals surface area contributed by atoms with Crippen molar-refractivity contribution in [1.82, 2.24) is 5.32 Å². The van der Waals surface area contributed by atoms with Gasteiger partial charge in [-0.3, -0.25) is 9.59 Å². The lowest BCUT2D eigenvalue weighted by Gasteiger charge is -2.10. The maximum absolute atomic E-state index is 11.9. The van der Waals surface area contributed by atoms with Crippen LogP contribution in [0.1, 0.15) is 29.3 Å². The minimum atomic E-state index is -0.999. The number of ether oxygens (including phenoxy) is 1. The van der Waals surface area contributed by atoms with Crippen molar-refractivity contribution in [3.8, 4) is 5.75 Å². The molecular weight excluding hydrogens is 348 g/mol. The Bertz CT molecular complexity index is 820. The highest BCUT2D eigenvalue weighted by atomic mass is 16.5. The Kier molecular flexibility index (Phi) is 7.37. The van der Waals surface area contributed by atoms with Crippen LogP contribution in [-0.2, 0) is 16.0 Å². The Morgan fingerprint density at radius 3 is 2.59 bits per heavy atom. The third-order valence-electron chi connectivity index (χ3n) is 3.72. The van der Waals surface area contributed by atoms with Gasteiger partial charge < -0.3 is 20.5 Å². The second kappa shape index (κ2) is 9.96. The monoisotopic (exact) mass is 370 g/mol. The van der Waals surface area contributed by atoms with Crippen LogP contribution in [0.15, 0.2) is 48.5 Å². The van der Waals surface area contributed by atoms with E-state index < -0.39 is 5.97 Å². The summed E-state index contributed by atoms with van der Waals surface area (Å²) in [6, 6.07) is 13.6. The summed E-state index contributed by atoms with van der Waals surface area (Å²) in [4.78, 5) is 34.1. The predicted molar refractivity (Wildman–Crippen MR) is 101 cm³/mol. The number of aryl methyl sites for hydroxylation is 1. The van der Waals surface area contributed by atoms with E-state index in [1.54, 1.807) is 42.5 Å². The summed E-state index contributed by atoms with van der Waals surface area (Å²) < 4.78 is 5.55. The Morgan fingerprint density at radius 2 is 1.85 bits per heavy atom. The van der Waals surface area contributed by atoms with Crippen molar-refractivity contribution in [2.45, 2.75) is 19.8 Å². The Labute approximate surface area is 157 Å². The molecule has 0 aliphatic rings. The van der Waals surface area contributed by atoms with Crippen LogP contribution in [0, 0.1) is 0 Å². The molecule has 0 aliphatic heterocycles. The molecule has 3 N–H and O–H groups in total. The molecular formula is C20H22N2O5. The van der Waals surface area contributed by atoms with Crippen molar-refractivity contribution in [1.29, 1.82) is 0 Å². The number of hydrogen-bond acceptors (Lipinski definition) is 4. The molecule has 7 nitrogen and oxygen atoms in total. The summed E-state index contributed by atoms with van der Waals surface area (Å²) in [5.74, 6) is -0.749. The smallest absolute Gasteiger partial charge is 0.335 e. The predicted octanol–water partition coefficient (Wildman–Crippen LogP) is 2.47. The molecule has 0 bridgehead atoms. The van der Waals surface area contributed by atoms with Crippen LogP contribution in [0.25, 0.3) is 0 Å². The van der Waals surface area contributed by atoms with Crippen LogP contribution in [0.3, 0.4) is 0 Å². The van der Waals surface area contributed by atoms with Gasteiger partial charge in [-0.15, -0.1) is 0 Å². The third-order valence-corrected chi connectivity index (χ3v) is 3.72. The highest BCUT2D eigenvalue weighted by Crippen LogP contribution is 2.17. The van der Waals surface area contributed by atoms with Gasteiger partial charge in [-0.1, -0.05) is 24.3 Å². The first-order chi connectivity index (χ1) is 13.0. The van der Waals surface area contributed by atoms with Gasteiger partial charge in [0.2, 0.25) is 11.8 Å². The maximum Gasteiger partial charge on any atom is 0.335 e. The van der Waals surface area contributed by atoms with Crippen LogP contribution in [-0.4, -0.2) is 36.0 Å². The van der Waals surface area contributed by atoms with E-state index in [4.69, 9.17) is 9.84 Å². The number of benzene rings is 2. The standard InChI is InChI=1S/C20H22N2O5/c1-14(23)22-16-6-4-7-17(13-16)27-12-11-21-19(24)10-9-15-5-2-3-8-18(15)20(25)26/h2-8,13H,9-12H2,1H3,(H,21,24)(H,22,23)(H,25,26). The molecule has 0 unspecified atom stereocenters. The number of nitrogens with one attached hydrogen (secondary N) is 2. The molecule has 0 heterocycles. The zero-order valence-electron chi connectivity index (χ0n) is 15.0. The average Bonchev–Trinajstić information content (AvgIpc) is 2.63. The largest absolute Gasteiger partial charge is 0.492 e. The summed E-state index contributed by atoms with van der Waals surface area (Å²) in [7, 11) is 0. The molecule has 142 valence electrons. The number of carboxylic acids is 1. The molecule has 2 amide bonds. The van der Waals surface area contributed by atoms with Crippen LogP contribution < -0.4 is 15.4 Å². The van der Waals surface area contributed by atoms with Gasteiger partial charge in [0.1, 0.15) is 12.4 Å². The molecule has 2 rings (SSSR count). The van der Waals surface area contributed by atoms with Crippen molar-refractivity contribution >= 4 is 23.5 Å². The zero-order valence-corrected chi connectivity index (χ0v) is 15.0. The highest BCUT2D eigenvalue weighted by Gasteiger charge is 2.10. The highest BCUT2D eigenvalue weighted by molar-refractivity contribution is 5.89. The Hall–Kier alpha value is -3.35. The molecule has 0 aromatic heterocycles. The topological polar surface area (TPSA) is 105 Å². The minimum Gasteiger partial charge on any atom is -0.492 e. The first kappa shape index (κ1) is 20.0. The lowest BCUT2D eigenvalue weighted by Crippen LogP contribution is -2.28. The van der Waals surface area contributed by atoms with Gasteiger partial charge in [0.15, 0.2) is 0 Å². The van der Waals surface area contributed by atoms with E-state index in [2.05, 4.69) is 10.6 Å². The first-order valence-electron chi connectivity index (χ1n) is 8.54. The second-order valence-electron chi connectivity index (χ2n) is 5.87. The van der Waals surface area contributed by atoms with E-state index in [0.29, 0.717) is 30.0 Å². The summed E-state index contributed by atoms with van der Waals surface area (Å²) in [6.07, 6.45) is 0.552. The SMILES string of the molecule is CC(=O)Nc1cccc(OCCNC(=O)CCc2ccccc2C(=O)O)c1. The maximum atomic E-state index is 11.9. The number of carbonyl (C=O) groups is 3. The molecule has 7 heteroatoms. The van der Waals surface area contributed by atoms with Crippen molar-refractivity contribution < 1.29 is 24.2 Å². The first-order valence-corrected chi connectivity index (χ1v) is 8.54. The van der Waals surface area contributed by atoms with Crippen LogP contribution >= 0.6 is 0 Å². The van der Waals surface area contributed by atoms with E-state index in [-0.39, 0.29) is 30.4 Å². The van der Waals surface area contributed by atoms with E-state index >= 15 is 0 Å². The summed E-state index contributed by atoms with van der Waals surface area (Å²) in [5, 5.41) is 14.5. The van der Waals surface area contributed by atoms with E-state index in [1.807, 2.05) is 0 Å². The van der Waals surface area contributed by atoms with E-state index in [9.17, 15) is 14.4 Å². The summed E-state index contributed by atoms with van der Waals surface area (Å²) >= 11 is 0. The minimum absolute atomic E-state index is 0.163. The van der Waals surface area contributed by atoms with Gasteiger partial charge in [0.05, 0.1) is 12.1 Å². The summed E-state index contributed by atoms with van der Waals surface area (Å²) in [6.45, 7) is 2.03. The second-order valence-corrected chi connectivity index (χ2v) is 5.87. The molecule has 0 radical (unpaired) electrons. The number of hydrogen-bond donors (Lipinski definition) is 3. The third kappa shape index (κ3) is 6.81. The fraction of sp³-hybridized carbons (Fsp3) is 0.250. The van der Waals surface area contributed by atoms with Crippen molar-refractivity contribution in [2.24, 2.45) is 0 Å². The molecule has 27 heavy (non-hydrogen) atoms. The molecule has 0 aliphatic carbocycles. The molecule has 0 fully saturated rings. The zero-order chi connectivity index (χ0) is 19.6. The van der Waals surface area contributed by atoms with Crippen molar-refractivity contribution in [2.75, 3.05) is 18.5 Å². The molecule has 0 atom stereocenters. The molecule has 2 aromatic carbocycles. The number of amides is 2. The molecule has 2 aromatic rings. The number of carboxylic acid groups (broad SMARTS) is 1. The fourth-order valence-corrected chi connectivity index (χ4v) is 2.51. The fourth-order valence-electron chi connectivity index (χ4n) is 2.51. The molecule has 0 spiro atoms. The van der Waals surface area contributed by atoms with Gasteiger partial charge in [-0.25, -0.2) is 4.79 Å². The van der Waals surface area contributed by atoms with Gasteiger partial charge in [-0.05, 0) is 30.2 Å². The van der Waals surface area contributed by atoms with Gasteiger partial charge in [0, 0.05) is 25.1 Å². The van der Waals surface area contributed by atoms with Crippen LogP contribution in [0.2, 0.25) is 0 Å². The lowest BCUT2D eigenvalue weighted by atomic mass is 10.0. The Balaban J connectivity index is 1.72. The lowest BCUT2D eigenvalue weighted by molar-refractivity contribution is -0.121. The number of anilines is 1. The van der Waals surface area contributed by atoms with E-state index in [0.717, 1.165) is 0 Å². The normalized spacial score (nSPS) is 10.1. The van der Waals surface area contributed by atoms with Crippen LogP contribution in [0.5, 0.6) is 5.75 Å². The van der Waals surface area contributed by atoms with Crippen LogP contribution in [0.4, 0.5) is 5.69 Å². The van der Waals surface area contributed by atoms with Gasteiger partial charge in [-0.2, -0.15) is 0 Å². The number of rotatable bonds is 9. The quantitative estimate of drug-likeness (QED) is 0.588. The van der Waals surface area contributed by atoms with Crippen molar-refractivity contribution in [3.05, 3.63) is 59.7 Å². The van der Waals surface area contributed by atoms with Gasteiger partial charge in [0.25, 0.3) is 0 Å². The van der Waals surface area contributed by atoms with Gasteiger partial charge >= 0.3 is 5.97 Å². The van der Waals surface area contributed by atoms with Crippen molar-refractivity contribution in [3.63, 3.8) is 0 Å². The molecule has 0 saturated heterocycles. The Morgan fingerprint density at radius 1 is 1.07 bits per heavy atom.